The standard InChI is InChI=1S/C26H32FN3O/c1-6-17-15-18(20-10-8-7-9-19(17)20)13-16-11-12-22(27)21(14-16)26(4)25(2,3)23(31)30(5)24(28)29-26/h7-12,14,17-18H,6,13,15H2,1-5H3,(H2,28,29)/t17?,18?,26-/m1/s1. The van der Waals surface area contributed by atoms with Crippen LogP contribution in [0.2, 0.25) is 0 Å². The van der Waals surface area contributed by atoms with E-state index < -0.39 is 11.0 Å². The quantitative estimate of drug-likeness (QED) is 0.749. The Morgan fingerprint density at radius 2 is 1.77 bits per heavy atom. The highest BCUT2D eigenvalue weighted by Crippen LogP contribution is 2.48. The predicted octanol–water partition coefficient (Wildman–Crippen LogP) is 5.08. The fourth-order valence-electron chi connectivity index (χ4n) is 5.36. The summed E-state index contributed by atoms with van der Waals surface area (Å²) in [5, 5.41) is 0. The van der Waals surface area contributed by atoms with Crippen LogP contribution in [-0.4, -0.2) is 23.8 Å². The van der Waals surface area contributed by atoms with E-state index in [1.165, 1.54) is 22.1 Å². The molecule has 2 N–H and O–H groups in total. The van der Waals surface area contributed by atoms with E-state index in [0.29, 0.717) is 17.4 Å². The number of guanidine groups is 1. The third kappa shape index (κ3) is 3.26. The van der Waals surface area contributed by atoms with Gasteiger partial charge >= 0.3 is 0 Å². The van der Waals surface area contributed by atoms with Gasteiger partial charge in [-0.15, -0.1) is 0 Å². The molecule has 2 aliphatic rings. The Balaban J connectivity index is 1.73. The number of hydrogen-bond donors (Lipinski definition) is 1. The first-order chi connectivity index (χ1) is 14.6. The van der Waals surface area contributed by atoms with E-state index in [-0.39, 0.29) is 17.7 Å². The number of halogens is 1. The van der Waals surface area contributed by atoms with E-state index in [1.54, 1.807) is 7.05 Å². The molecule has 164 valence electrons. The fraction of sp³-hybridized carbons (Fsp3) is 0.462. The van der Waals surface area contributed by atoms with Gasteiger partial charge in [-0.2, -0.15) is 0 Å². The first-order valence-corrected chi connectivity index (χ1v) is 11.1. The molecule has 0 bridgehead atoms. The Morgan fingerprint density at radius 1 is 1.13 bits per heavy atom. The molecule has 1 aliphatic carbocycles. The van der Waals surface area contributed by atoms with Crippen molar-refractivity contribution in [2.75, 3.05) is 7.05 Å². The second-order valence-electron chi connectivity index (χ2n) is 9.72. The largest absolute Gasteiger partial charge is 0.369 e. The molecule has 5 heteroatoms. The summed E-state index contributed by atoms with van der Waals surface area (Å²) in [5.74, 6) is 0.586. The summed E-state index contributed by atoms with van der Waals surface area (Å²) in [5.41, 5.74) is 8.37. The minimum Gasteiger partial charge on any atom is -0.369 e. The molecule has 0 spiro atoms. The topological polar surface area (TPSA) is 58.7 Å². The van der Waals surface area contributed by atoms with Crippen LogP contribution in [0.5, 0.6) is 0 Å². The molecule has 0 fully saturated rings. The highest BCUT2D eigenvalue weighted by Gasteiger charge is 2.53. The number of fused-ring (bicyclic) bond motifs is 1. The van der Waals surface area contributed by atoms with E-state index in [0.717, 1.165) is 24.8 Å². The van der Waals surface area contributed by atoms with Gasteiger partial charge in [-0.05, 0) is 74.6 Å². The first kappa shape index (κ1) is 21.5. The summed E-state index contributed by atoms with van der Waals surface area (Å²) in [6.45, 7) is 7.67. The van der Waals surface area contributed by atoms with Gasteiger partial charge in [0.2, 0.25) is 5.91 Å². The zero-order chi connectivity index (χ0) is 22.6. The van der Waals surface area contributed by atoms with Gasteiger partial charge in [0.05, 0.1) is 5.41 Å². The van der Waals surface area contributed by atoms with Crippen LogP contribution in [-0.2, 0) is 16.8 Å². The monoisotopic (exact) mass is 421 g/mol. The Hall–Kier alpha value is -2.69. The second-order valence-corrected chi connectivity index (χ2v) is 9.72. The molecule has 2 aromatic carbocycles. The molecule has 0 aromatic heterocycles. The van der Waals surface area contributed by atoms with Crippen molar-refractivity contribution >= 4 is 11.9 Å². The lowest BCUT2D eigenvalue weighted by Crippen LogP contribution is -2.58. The molecule has 0 radical (unpaired) electrons. The number of nitrogens with two attached hydrogens (primary N) is 1. The lowest BCUT2D eigenvalue weighted by Gasteiger charge is -2.46. The van der Waals surface area contributed by atoms with Gasteiger partial charge in [0.15, 0.2) is 5.96 Å². The molecule has 31 heavy (non-hydrogen) atoms. The Labute approximate surface area is 184 Å². The normalized spacial score (nSPS) is 27.2. The van der Waals surface area contributed by atoms with Crippen molar-refractivity contribution in [2.24, 2.45) is 16.1 Å². The molecule has 3 atom stereocenters. The summed E-state index contributed by atoms with van der Waals surface area (Å²) in [6, 6.07) is 14.0. The number of aliphatic imine (C=N–C) groups is 1. The summed E-state index contributed by atoms with van der Waals surface area (Å²) >= 11 is 0. The van der Waals surface area contributed by atoms with E-state index in [1.807, 2.05) is 32.9 Å². The third-order valence-electron chi connectivity index (χ3n) is 7.71. The van der Waals surface area contributed by atoms with Crippen LogP contribution >= 0.6 is 0 Å². The van der Waals surface area contributed by atoms with E-state index in [9.17, 15) is 4.79 Å². The van der Waals surface area contributed by atoms with Crippen molar-refractivity contribution in [3.63, 3.8) is 0 Å². The first-order valence-electron chi connectivity index (χ1n) is 11.1. The molecule has 4 rings (SSSR count). The molecule has 2 aromatic rings. The van der Waals surface area contributed by atoms with Crippen LogP contribution in [0.4, 0.5) is 4.39 Å². The van der Waals surface area contributed by atoms with Gasteiger partial charge in [-0.3, -0.25) is 9.69 Å². The minimum absolute atomic E-state index is 0.118. The van der Waals surface area contributed by atoms with Crippen LogP contribution < -0.4 is 5.73 Å². The molecule has 0 saturated heterocycles. The summed E-state index contributed by atoms with van der Waals surface area (Å²) in [4.78, 5) is 18.9. The number of amides is 1. The summed E-state index contributed by atoms with van der Waals surface area (Å²) in [6.07, 6.45) is 3.07. The molecule has 1 heterocycles. The predicted molar refractivity (Wildman–Crippen MR) is 122 cm³/mol. The smallest absolute Gasteiger partial charge is 0.237 e. The van der Waals surface area contributed by atoms with Crippen molar-refractivity contribution in [1.29, 1.82) is 0 Å². The highest BCUT2D eigenvalue weighted by atomic mass is 19.1. The van der Waals surface area contributed by atoms with E-state index in [4.69, 9.17) is 5.73 Å². The van der Waals surface area contributed by atoms with Crippen LogP contribution in [0.25, 0.3) is 0 Å². The van der Waals surface area contributed by atoms with Crippen molar-refractivity contribution < 1.29 is 9.18 Å². The highest BCUT2D eigenvalue weighted by molar-refractivity contribution is 6.01. The number of benzene rings is 2. The molecule has 1 amide bonds. The van der Waals surface area contributed by atoms with Crippen molar-refractivity contribution in [3.8, 4) is 0 Å². The molecule has 1 aliphatic heterocycles. The van der Waals surface area contributed by atoms with Gasteiger partial charge in [0.25, 0.3) is 0 Å². The number of nitrogens with zero attached hydrogens (tertiary/aromatic N) is 2. The maximum absolute atomic E-state index is 15.1. The van der Waals surface area contributed by atoms with Crippen LogP contribution in [0, 0.1) is 11.2 Å². The maximum Gasteiger partial charge on any atom is 0.237 e. The lowest BCUT2D eigenvalue weighted by molar-refractivity contribution is -0.140. The van der Waals surface area contributed by atoms with Gasteiger partial charge in [-0.1, -0.05) is 43.3 Å². The van der Waals surface area contributed by atoms with Crippen LogP contribution in [0.3, 0.4) is 0 Å². The minimum atomic E-state index is -1.08. The summed E-state index contributed by atoms with van der Waals surface area (Å²) in [7, 11) is 1.61. The number of carbonyl (C=O) groups is 1. The molecular weight excluding hydrogens is 389 g/mol. The average Bonchev–Trinajstić information content (AvgIpc) is 3.10. The second kappa shape index (κ2) is 7.47. The Morgan fingerprint density at radius 3 is 2.42 bits per heavy atom. The number of rotatable bonds is 4. The van der Waals surface area contributed by atoms with Gasteiger partial charge < -0.3 is 5.73 Å². The Kier molecular flexibility index (Phi) is 5.19. The van der Waals surface area contributed by atoms with Crippen LogP contribution in [0.15, 0.2) is 47.5 Å². The lowest BCUT2D eigenvalue weighted by atomic mass is 9.67. The van der Waals surface area contributed by atoms with Crippen molar-refractivity contribution in [3.05, 3.63) is 70.5 Å². The zero-order valence-corrected chi connectivity index (χ0v) is 19.1. The summed E-state index contributed by atoms with van der Waals surface area (Å²) < 4.78 is 15.1. The maximum atomic E-state index is 15.1. The van der Waals surface area contributed by atoms with Crippen molar-refractivity contribution in [2.45, 2.75) is 64.3 Å². The average molecular weight is 422 g/mol. The van der Waals surface area contributed by atoms with Crippen LogP contribution in [0.1, 0.15) is 74.6 Å². The van der Waals surface area contributed by atoms with Gasteiger partial charge in [-0.25, -0.2) is 9.38 Å². The number of hydrogen-bond acceptors (Lipinski definition) is 3. The van der Waals surface area contributed by atoms with Gasteiger partial charge in [0.1, 0.15) is 11.4 Å². The molecule has 0 saturated carbocycles. The number of carbonyl (C=O) groups excluding carboxylic acids is 1. The van der Waals surface area contributed by atoms with E-state index >= 15 is 4.39 Å². The SMILES string of the molecule is CCC1CC(Cc2ccc(F)c([C@@]3(C)N=C(N)N(C)C(=O)C3(C)C)c2)c2ccccc21. The fourth-order valence-corrected chi connectivity index (χ4v) is 5.36. The molecular formula is C26H32FN3O. The Bertz CT molecular complexity index is 1060. The van der Waals surface area contributed by atoms with E-state index in [2.05, 4.69) is 36.2 Å². The molecule has 2 unspecified atom stereocenters. The van der Waals surface area contributed by atoms with Crippen molar-refractivity contribution in [1.82, 2.24) is 4.90 Å². The molecule has 4 nitrogen and oxygen atoms in total. The third-order valence-corrected chi connectivity index (χ3v) is 7.71. The zero-order valence-electron chi connectivity index (χ0n) is 19.1. The van der Waals surface area contributed by atoms with Gasteiger partial charge in [0, 0.05) is 12.6 Å².